The predicted molar refractivity (Wildman–Crippen MR) is 86.5 cm³/mol. The Morgan fingerprint density at radius 1 is 1.04 bits per heavy atom. The lowest BCUT2D eigenvalue weighted by Crippen LogP contribution is -2.30. The van der Waals surface area contributed by atoms with E-state index in [9.17, 15) is 22.8 Å². The van der Waals surface area contributed by atoms with Gasteiger partial charge in [-0.15, -0.1) is 0 Å². The summed E-state index contributed by atoms with van der Waals surface area (Å²) in [6.07, 6.45) is 0.275. The number of alkyl halides is 2. The van der Waals surface area contributed by atoms with Crippen molar-refractivity contribution < 1.29 is 32.2 Å². The molecule has 0 fully saturated rings. The molecule has 0 aliphatic heterocycles. The molecule has 138 valence electrons. The maximum Gasteiger partial charge on any atom is 0.387 e. The Kier molecular flexibility index (Phi) is 7.02. The van der Waals surface area contributed by atoms with Gasteiger partial charge in [-0.05, 0) is 30.2 Å². The molecule has 0 bridgehead atoms. The number of amides is 1. The number of rotatable bonds is 8. The Labute approximate surface area is 147 Å². The zero-order valence-electron chi connectivity index (χ0n) is 13.6. The van der Waals surface area contributed by atoms with Gasteiger partial charge in [0, 0.05) is 6.54 Å². The summed E-state index contributed by atoms with van der Waals surface area (Å²) in [5.74, 6) is -2.27. The van der Waals surface area contributed by atoms with Crippen molar-refractivity contribution in [2.75, 3.05) is 13.2 Å². The highest BCUT2D eigenvalue weighted by Crippen LogP contribution is 2.21. The number of nitrogens with one attached hydrogen (secondary N) is 1. The molecular formula is C18H16F3NO4. The smallest absolute Gasteiger partial charge is 0.387 e. The van der Waals surface area contributed by atoms with Gasteiger partial charge in [0.05, 0.1) is 0 Å². The number of para-hydroxylation sites is 1. The summed E-state index contributed by atoms with van der Waals surface area (Å²) >= 11 is 0. The van der Waals surface area contributed by atoms with Gasteiger partial charge in [-0.2, -0.15) is 8.78 Å². The van der Waals surface area contributed by atoms with Crippen LogP contribution in [0.4, 0.5) is 13.2 Å². The minimum absolute atomic E-state index is 0.155. The van der Waals surface area contributed by atoms with E-state index in [1.165, 1.54) is 30.3 Å². The van der Waals surface area contributed by atoms with Crippen molar-refractivity contribution in [1.82, 2.24) is 5.32 Å². The van der Waals surface area contributed by atoms with Crippen LogP contribution in [0.1, 0.15) is 15.9 Å². The first-order valence-corrected chi connectivity index (χ1v) is 7.68. The van der Waals surface area contributed by atoms with Gasteiger partial charge in [0.2, 0.25) is 0 Å². The van der Waals surface area contributed by atoms with Crippen LogP contribution in [0.5, 0.6) is 5.75 Å². The lowest BCUT2D eigenvalue weighted by molar-refractivity contribution is -0.124. The molecule has 2 rings (SSSR count). The number of hydrogen-bond acceptors (Lipinski definition) is 4. The molecule has 5 nitrogen and oxygen atoms in total. The summed E-state index contributed by atoms with van der Waals surface area (Å²) < 4.78 is 47.1. The molecular weight excluding hydrogens is 351 g/mol. The van der Waals surface area contributed by atoms with Gasteiger partial charge < -0.3 is 14.8 Å². The molecule has 1 amide bonds. The fourth-order valence-corrected chi connectivity index (χ4v) is 2.13. The lowest BCUT2D eigenvalue weighted by atomic mass is 10.1. The fourth-order valence-electron chi connectivity index (χ4n) is 2.13. The third-order valence-corrected chi connectivity index (χ3v) is 3.33. The second kappa shape index (κ2) is 9.45. The van der Waals surface area contributed by atoms with Crippen molar-refractivity contribution in [2.24, 2.45) is 0 Å². The van der Waals surface area contributed by atoms with Gasteiger partial charge in [-0.25, -0.2) is 9.18 Å². The van der Waals surface area contributed by atoms with Gasteiger partial charge >= 0.3 is 12.6 Å². The Morgan fingerprint density at radius 3 is 2.46 bits per heavy atom. The number of hydrogen-bond donors (Lipinski definition) is 1. The monoisotopic (exact) mass is 367 g/mol. The van der Waals surface area contributed by atoms with E-state index in [2.05, 4.69) is 10.1 Å². The zero-order valence-corrected chi connectivity index (χ0v) is 13.6. The van der Waals surface area contributed by atoms with Crippen LogP contribution in [0.25, 0.3) is 0 Å². The van der Waals surface area contributed by atoms with Crippen LogP contribution in [-0.4, -0.2) is 31.6 Å². The van der Waals surface area contributed by atoms with Gasteiger partial charge in [0.15, 0.2) is 6.61 Å². The molecule has 0 aliphatic rings. The number of ether oxygens (including phenoxy) is 2. The molecule has 2 aromatic carbocycles. The maximum atomic E-state index is 13.4. The Morgan fingerprint density at radius 2 is 1.73 bits per heavy atom. The topological polar surface area (TPSA) is 64.6 Å². The normalized spacial score (nSPS) is 10.5. The average molecular weight is 367 g/mol. The molecule has 0 unspecified atom stereocenters. The third kappa shape index (κ3) is 5.80. The van der Waals surface area contributed by atoms with Crippen LogP contribution < -0.4 is 10.1 Å². The molecule has 26 heavy (non-hydrogen) atoms. The molecule has 0 spiro atoms. The van der Waals surface area contributed by atoms with E-state index in [1.807, 2.05) is 0 Å². The average Bonchev–Trinajstić information content (AvgIpc) is 2.61. The summed E-state index contributed by atoms with van der Waals surface area (Å²) in [6.45, 7) is -3.53. The van der Waals surface area contributed by atoms with Crippen molar-refractivity contribution in [1.29, 1.82) is 0 Å². The van der Waals surface area contributed by atoms with E-state index < -0.39 is 25.1 Å². The van der Waals surface area contributed by atoms with Crippen molar-refractivity contribution in [3.63, 3.8) is 0 Å². The standard InChI is InChI=1S/C18H16F3NO4/c19-14-7-3-1-5-12(14)9-10-22-16(23)11-25-17(24)13-6-2-4-8-15(13)26-18(20)21/h1-8,18H,9-11H2,(H,22,23). The minimum Gasteiger partial charge on any atom is -0.452 e. The van der Waals surface area contributed by atoms with E-state index in [4.69, 9.17) is 4.74 Å². The number of carbonyl (C=O) groups is 2. The van der Waals surface area contributed by atoms with Gasteiger partial charge in [-0.3, -0.25) is 4.79 Å². The van der Waals surface area contributed by atoms with Gasteiger partial charge in [0.1, 0.15) is 17.1 Å². The first kappa shape index (κ1) is 19.3. The Hall–Kier alpha value is -3.03. The van der Waals surface area contributed by atoms with E-state index >= 15 is 0 Å². The molecule has 0 atom stereocenters. The van der Waals surface area contributed by atoms with Crippen LogP contribution in [-0.2, 0) is 16.0 Å². The van der Waals surface area contributed by atoms with E-state index in [0.717, 1.165) is 0 Å². The maximum absolute atomic E-state index is 13.4. The second-order valence-electron chi connectivity index (χ2n) is 5.14. The molecule has 0 aromatic heterocycles. The Bertz CT molecular complexity index is 768. The highest BCUT2D eigenvalue weighted by atomic mass is 19.3. The number of carbonyl (C=O) groups excluding carboxylic acids is 2. The highest BCUT2D eigenvalue weighted by molar-refractivity contribution is 5.93. The molecule has 0 heterocycles. The summed E-state index contributed by atoms with van der Waals surface area (Å²) in [5, 5.41) is 2.48. The van der Waals surface area contributed by atoms with E-state index in [0.29, 0.717) is 5.56 Å². The summed E-state index contributed by atoms with van der Waals surface area (Å²) in [7, 11) is 0. The van der Waals surface area contributed by atoms with Crippen molar-refractivity contribution in [3.8, 4) is 5.75 Å². The number of halogens is 3. The van der Waals surface area contributed by atoms with Crippen molar-refractivity contribution in [3.05, 3.63) is 65.5 Å². The van der Waals surface area contributed by atoms with Crippen LogP contribution in [0.2, 0.25) is 0 Å². The van der Waals surface area contributed by atoms with E-state index in [-0.39, 0.29) is 30.1 Å². The van der Waals surface area contributed by atoms with Gasteiger partial charge in [-0.1, -0.05) is 30.3 Å². The zero-order chi connectivity index (χ0) is 18.9. The molecule has 0 radical (unpaired) electrons. The van der Waals surface area contributed by atoms with Crippen LogP contribution >= 0.6 is 0 Å². The summed E-state index contributed by atoms with van der Waals surface area (Å²) in [4.78, 5) is 23.6. The number of esters is 1. The summed E-state index contributed by atoms with van der Waals surface area (Å²) in [5.41, 5.74) is 0.231. The van der Waals surface area contributed by atoms with Crippen LogP contribution in [0.15, 0.2) is 48.5 Å². The van der Waals surface area contributed by atoms with Gasteiger partial charge in [0.25, 0.3) is 5.91 Å². The molecule has 0 saturated heterocycles. The molecule has 0 saturated carbocycles. The number of benzene rings is 2. The van der Waals surface area contributed by atoms with Crippen molar-refractivity contribution >= 4 is 11.9 Å². The van der Waals surface area contributed by atoms with Crippen molar-refractivity contribution in [2.45, 2.75) is 13.0 Å². The third-order valence-electron chi connectivity index (χ3n) is 3.33. The molecule has 1 N–H and O–H groups in total. The first-order chi connectivity index (χ1) is 12.5. The largest absolute Gasteiger partial charge is 0.452 e. The van der Waals surface area contributed by atoms with Crippen LogP contribution in [0, 0.1) is 5.82 Å². The molecule has 8 heteroatoms. The molecule has 2 aromatic rings. The predicted octanol–water partition coefficient (Wildman–Crippen LogP) is 2.94. The Balaban J connectivity index is 1.80. The highest BCUT2D eigenvalue weighted by Gasteiger charge is 2.17. The SMILES string of the molecule is O=C(COC(=O)c1ccccc1OC(F)F)NCCc1ccccc1F. The second-order valence-corrected chi connectivity index (χ2v) is 5.14. The quantitative estimate of drug-likeness (QED) is 0.729. The lowest BCUT2D eigenvalue weighted by Gasteiger charge is -2.10. The minimum atomic E-state index is -3.09. The molecule has 0 aliphatic carbocycles. The van der Waals surface area contributed by atoms with Crippen LogP contribution in [0.3, 0.4) is 0 Å². The fraction of sp³-hybridized carbons (Fsp3) is 0.222. The van der Waals surface area contributed by atoms with E-state index in [1.54, 1.807) is 18.2 Å². The summed E-state index contributed by atoms with van der Waals surface area (Å²) in [6, 6.07) is 11.5. The first-order valence-electron chi connectivity index (χ1n) is 7.68.